The van der Waals surface area contributed by atoms with E-state index in [0.717, 1.165) is 35.4 Å². The van der Waals surface area contributed by atoms with Crippen LogP contribution in [0.25, 0.3) is 11.5 Å². The highest BCUT2D eigenvalue weighted by Gasteiger charge is 2.26. The molecule has 3 aromatic rings. The van der Waals surface area contributed by atoms with Crippen molar-refractivity contribution in [3.05, 3.63) is 52.9 Å². The third-order valence-corrected chi connectivity index (χ3v) is 5.40. The van der Waals surface area contributed by atoms with Crippen LogP contribution < -0.4 is 5.32 Å². The Morgan fingerprint density at radius 2 is 2.04 bits per heavy atom. The second kappa shape index (κ2) is 7.22. The van der Waals surface area contributed by atoms with Crippen molar-refractivity contribution in [2.75, 3.05) is 5.32 Å². The highest BCUT2D eigenvalue weighted by atomic mass is 19.1. The molecule has 28 heavy (non-hydrogen) atoms. The molecule has 1 aliphatic rings. The Balaban J connectivity index is 1.52. The van der Waals surface area contributed by atoms with Gasteiger partial charge in [-0.1, -0.05) is 12.5 Å². The van der Waals surface area contributed by atoms with Gasteiger partial charge in [-0.2, -0.15) is 0 Å². The molecule has 1 aromatic carbocycles. The second-order valence-electron chi connectivity index (χ2n) is 7.48. The number of nitrogens with one attached hydrogen (secondary N) is 1. The average Bonchev–Trinajstić information content (AvgIpc) is 3.16. The van der Waals surface area contributed by atoms with Gasteiger partial charge in [0.25, 0.3) is 0 Å². The van der Waals surface area contributed by atoms with Crippen LogP contribution in [-0.2, 0) is 11.3 Å². The molecule has 1 N–H and O–H groups in total. The van der Waals surface area contributed by atoms with Gasteiger partial charge in [-0.05, 0) is 57.4 Å². The third kappa shape index (κ3) is 3.44. The van der Waals surface area contributed by atoms with Crippen molar-refractivity contribution in [1.29, 1.82) is 0 Å². The van der Waals surface area contributed by atoms with Crippen LogP contribution in [0.4, 0.5) is 10.1 Å². The summed E-state index contributed by atoms with van der Waals surface area (Å²) in [6.07, 6.45) is 3.39. The Morgan fingerprint density at radius 3 is 2.71 bits per heavy atom. The molecule has 146 valence electrons. The number of carbonyl (C=O) groups excluding carboxylic acids is 1. The molecule has 0 aliphatic heterocycles. The molecular weight excluding hydrogens is 359 g/mol. The van der Waals surface area contributed by atoms with Gasteiger partial charge in [-0.3, -0.25) is 4.79 Å². The van der Waals surface area contributed by atoms with Crippen LogP contribution in [0.1, 0.15) is 48.0 Å². The Morgan fingerprint density at radius 1 is 1.25 bits per heavy atom. The monoisotopic (exact) mass is 382 g/mol. The van der Waals surface area contributed by atoms with E-state index < -0.39 is 5.82 Å². The van der Waals surface area contributed by atoms with Crippen LogP contribution in [0.2, 0.25) is 0 Å². The molecule has 0 atom stereocenters. The third-order valence-electron chi connectivity index (χ3n) is 5.40. The van der Waals surface area contributed by atoms with Crippen LogP contribution in [0, 0.1) is 26.6 Å². The maximum atomic E-state index is 14.0. The summed E-state index contributed by atoms with van der Waals surface area (Å²) in [5.74, 6) is 0.811. The van der Waals surface area contributed by atoms with Gasteiger partial charge in [-0.15, -0.1) is 10.2 Å². The summed E-state index contributed by atoms with van der Waals surface area (Å²) in [7, 11) is 0. The van der Waals surface area contributed by atoms with E-state index in [-0.39, 0.29) is 18.1 Å². The lowest BCUT2D eigenvalue weighted by atomic mass is 9.85. The molecule has 7 heteroatoms. The standard InChI is InChI=1S/C21H23FN4O2/c1-12-7-8-18(17(22)9-12)23-19(27)11-26-13(2)10-16(14(26)3)21-25-24-20(28-21)15-5-4-6-15/h7-10,15H,4-6,11H2,1-3H3,(H,23,27). The van der Waals surface area contributed by atoms with E-state index in [4.69, 9.17) is 4.42 Å². The predicted octanol–water partition coefficient (Wildman–Crippen LogP) is 4.51. The minimum absolute atomic E-state index is 0.0780. The summed E-state index contributed by atoms with van der Waals surface area (Å²) in [5.41, 5.74) is 3.57. The van der Waals surface area contributed by atoms with Gasteiger partial charge in [0.15, 0.2) is 0 Å². The summed E-state index contributed by atoms with van der Waals surface area (Å²) < 4.78 is 21.7. The molecule has 4 rings (SSSR count). The molecule has 0 radical (unpaired) electrons. The maximum absolute atomic E-state index is 14.0. The van der Waals surface area contributed by atoms with E-state index in [0.29, 0.717) is 17.7 Å². The average molecular weight is 382 g/mol. The number of nitrogens with zero attached hydrogens (tertiary/aromatic N) is 3. The molecule has 1 amide bonds. The fraction of sp³-hybridized carbons (Fsp3) is 0.381. The van der Waals surface area contributed by atoms with Gasteiger partial charge in [0.2, 0.25) is 17.7 Å². The van der Waals surface area contributed by atoms with Gasteiger partial charge < -0.3 is 14.3 Å². The molecule has 1 fully saturated rings. The van der Waals surface area contributed by atoms with E-state index in [1.807, 2.05) is 24.5 Å². The van der Waals surface area contributed by atoms with Gasteiger partial charge in [-0.25, -0.2) is 4.39 Å². The van der Waals surface area contributed by atoms with Crippen LogP contribution >= 0.6 is 0 Å². The van der Waals surface area contributed by atoms with Crippen molar-refractivity contribution in [3.8, 4) is 11.5 Å². The minimum Gasteiger partial charge on any atom is -0.420 e. The van der Waals surface area contributed by atoms with Crippen molar-refractivity contribution >= 4 is 11.6 Å². The van der Waals surface area contributed by atoms with Gasteiger partial charge in [0.1, 0.15) is 12.4 Å². The molecule has 2 heterocycles. The molecule has 2 aromatic heterocycles. The maximum Gasteiger partial charge on any atom is 0.249 e. The Kier molecular flexibility index (Phi) is 4.75. The number of aryl methyl sites for hydroxylation is 2. The van der Waals surface area contributed by atoms with Gasteiger partial charge in [0.05, 0.1) is 11.3 Å². The Bertz CT molecular complexity index is 1030. The summed E-state index contributed by atoms with van der Waals surface area (Å²) in [5, 5.41) is 11.0. The number of hydrogen-bond acceptors (Lipinski definition) is 4. The summed E-state index contributed by atoms with van der Waals surface area (Å²) in [6.45, 7) is 5.71. The highest BCUT2D eigenvalue weighted by molar-refractivity contribution is 5.91. The number of rotatable bonds is 5. The van der Waals surface area contributed by atoms with E-state index in [1.54, 1.807) is 19.1 Å². The van der Waals surface area contributed by atoms with Crippen molar-refractivity contribution in [1.82, 2.24) is 14.8 Å². The molecule has 1 aliphatic carbocycles. The first kappa shape index (κ1) is 18.4. The van der Waals surface area contributed by atoms with Crippen LogP contribution in [0.3, 0.4) is 0 Å². The Labute approximate surface area is 162 Å². The number of amides is 1. The molecule has 0 unspecified atom stereocenters. The SMILES string of the molecule is Cc1ccc(NC(=O)Cn2c(C)cc(-c3nnc(C4CCC4)o3)c2C)c(F)c1. The zero-order chi connectivity index (χ0) is 19.8. The van der Waals surface area contributed by atoms with Crippen molar-refractivity contribution in [2.24, 2.45) is 0 Å². The lowest BCUT2D eigenvalue weighted by Gasteiger charge is -2.20. The fourth-order valence-corrected chi connectivity index (χ4v) is 3.48. The molecule has 1 saturated carbocycles. The van der Waals surface area contributed by atoms with E-state index >= 15 is 0 Å². The molecular formula is C21H23FN4O2. The first-order valence-electron chi connectivity index (χ1n) is 9.49. The molecule has 0 spiro atoms. The van der Waals surface area contributed by atoms with Crippen LogP contribution in [0.5, 0.6) is 0 Å². The number of hydrogen-bond donors (Lipinski definition) is 1. The number of anilines is 1. The van der Waals surface area contributed by atoms with E-state index in [1.165, 1.54) is 12.5 Å². The van der Waals surface area contributed by atoms with Crippen LogP contribution in [-0.4, -0.2) is 20.7 Å². The minimum atomic E-state index is -0.440. The number of halogens is 1. The smallest absolute Gasteiger partial charge is 0.249 e. The topological polar surface area (TPSA) is 73.0 Å². The summed E-state index contributed by atoms with van der Waals surface area (Å²) in [4.78, 5) is 12.5. The zero-order valence-corrected chi connectivity index (χ0v) is 16.3. The molecule has 0 bridgehead atoms. The number of aromatic nitrogens is 3. The van der Waals surface area contributed by atoms with Gasteiger partial charge in [0, 0.05) is 17.3 Å². The second-order valence-corrected chi connectivity index (χ2v) is 7.48. The largest absolute Gasteiger partial charge is 0.420 e. The molecule has 6 nitrogen and oxygen atoms in total. The van der Waals surface area contributed by atoms with Gasteiger partial charge >= 0.3 is 0 Å². The molecule has 0 saturated heterocycles. The van der Waals surface area contributed by atoms with Crippen molar-refractivity contribution in [2.45, 2.75) is 52.5 Å². The lowest BCUT2D eigenvalue weighted by Crippen LogP contribution is -2.20. The van der Waals surface area contributed by atoms with E-state index in [2.05, 4.69) is 15.5 Å². The first-order chi connectivity index (χ1) is 13.4. The van der Waals surface area contributed by atoms with Crippen LogP contribution in [0.15, 0.2) is 28.7 Å². The number of benzene rings is 1. The number of carbonyl (C=O) groups is 1. The first-order valence-corrected chi connectivity index (χ1v) is 9.49. The lowest BCUT2D eigenvalue weighted by molar-refractivity contribution is -0.116. The van der Waals surface area contributed by atoms with E-state index in [9.17, 15) is 9.18 Å². The quantitative estimate of drug-likeness (QED) is 0.705. The van der Waals surface area contributed by atoms with Crippen molar-refractivity contribution in [3.63, 3.8) is 0 Å². The fourth-order valence-electron chi connectivity index (χ4n) is 3.48. The normalized spacial score (nSPS) is 14.1. The Hall–Kier alpha value is -2.96. The highest BCUT2D eigenvalue weighted by Crippen LogP contribution is 2.37. The summed E-state index contributed by atoms with van der Waals surface area (Å²) >= 11 is 0. The summed E-state index contributed by atoms with van der Waals surface area (Å²) in [6, 6.07) is 6.67. The van der Waals surface area contributed by atoms with Crippen molar-refractivity contribution < 1.29 is 13.6 Å². The predicted molar refractivity (Wildman–Crippen MR) is 104 cm³/mol. The zero-order valence-electron chi connectivity index (χ0n) is 16.3.